The Kier molecular flexibility index (Phi) is 5.35. The fraction of sp³-hybridized carbons (Fsp3) is 0.938. The fourth-order valence-corrected chi connectivity index (χ4v) is 3.55. The molecule has 0 aliphatic carbocycles. The van der Waals surface area contributed by atoms with E-state index in [2.05, 4.69) is 17.1 Å². The Morgan fingerprint density at radius 3 is 2.59 bits per heavy atom. The summed E-state index contributed by atoms with van der Waals surface area (Å²) in [6.07, 6.45) is -0.341. The number of nitrogens with one attached hydrogen (secondary N) is 1. The van der Waals surface area contributed by atoms with Crippen LogP contribution in [0.3, 0.4) is 0 Å². The Balaban J connectivity index is 1.94. The van der Waals surface area contributed by atoms with Gasteiger partial charge >= 0.3 is 6.09 Å². The van der Waals surface area contributed by atoms with Crippen LogP contribution >= 0.6 is 0 Å². The molecule has 2 fully saturated rings. The molecule has 6 heteroatoms. The summed E-state index contributed by atoms with van der Waals surface area (Å²) in [5, 5.41) is 2.94. The van der Waals surface area contributed by atoms with Gasteiger partial charge in [0, 0.05) is 38.1 Å². The summed E-state index contributed by atoms with van der Waals surface area (Å²) >= 11 is 0. The maximum Gasteiger partial charge on any atom is 0.407 e. The van der Waals surface area contributed by atoms with Crippen molar-refractivity contribution in [2.75, 3.05) is 45.9 Å². The van der Waals surface area contributed by atoms with Gasteiger partial charge in [-0.25, -0.2) is 4.79 Å². The van der Waals surface area contributed by atoms with Gasteiger partial charge in [-0.1, -0.05) is 6.92 Å². The fourth-order valence-electron chi connectivity index (χ4n) is 3.55. The van der Waals surface area contributed by atoms with Crippen molar-refractivity contribution in [2.45, 2.75) is 33.3 Å². The largest absolute Gasteiger partial charge is 0.444 e. The summed E-state index contributed by atoms with van der Waals surface area (Å²) in [5.74, 6) is 0.927. The van der Waals surface area contributed by atoms with Crippen LogP contribution in [-0.4, -0.2) is 62.5 Å². The average Bonchev–Trinajstić information content (AvgIpc) is 2.32. The Morgan fingerprint density at radius 2 is 2.09 bits per heavy atom. The molecular weight excluding hydrogens is 282 g/mol. The van der Waals surface area contributed by atoms with Gasteiger partial charge in [0.2, 0.25) is 0 Å². The predicted octanol–water partition coefficient (Wildman–Crippen LogP) is 1.05. The minimum Gasteiger partial charge on any atom is -0.444 e. The van der Waals surface area contributed by atoms with Crippen molar-refractivity contribution in [3.8, 4) is 0 Å². The van der Waals surface area contributed by atoms with Gasteiger partial charge in [0.25, 0.3) is 0 Å². The van der Waals surface area contributed by atoms with Crippen LogP contribution in [-0.2, 0) is 9.47 Å². The first-order valence-electron chi connectivity index (χ1n) is 8.24. The van der Waals surface area contributed by atoms with Crippen LogP contribution in [0.25, 0.3) is 0 Å². The second kappa shape index (κ2) is 6.72. The van der Waals surface area contributed by atoms with Crippen molar-refractivity contribution in [3.05, 3.63) is 0 Å². The second-order valence-electron chi connectivity index (χ2n) is 7.75. The Labute approximate surface area is 133 Å². The predicted molar refractivity (Wildman–Crippen MR) is 85.6 cm³/mol. The van der Waals surface area contributed by atoms with Crippen molar-refractivity contribution in [3.63, 3.8) is 0 Å². The number of hydrogen-bond acceptors (Lipinski definition) is 5. The number of amides is 1. The molecule has 6 nitrogen and oxygen atoms in total. The Hall–Kier alpha value is -0.850. The summed E-state index contributed by atoms with van der Waals surface area (Å²) in [4.78, 5) is 14.3. The van der Waals surface area contributed by atoms with Gasteiger partial charge < -0.3 is 25.4 Å². The molecule has 0 aromatic carbocycles. The number of nitrogens with two attached hydrogens (primary N) is 1. The van der Waals surface area contributed by atoms with Crippen LogP contribution < -0.4 is 11.1 Å². The van der Waals surface area contributed by atoms with Gasteiger partial charge in [-0.15, -0.1) is 0 Å². The average molecular weight is 313 g/mol. The SMILES string of the molecule is CC1CN(CCN)CC(CNC(=O)OC(C)(C)C)C12COC2. The summed E-state index contributed by atoms with van der Waals surface area (Å²) in [6, 6.07) is 0. The van der Waals surface area contributed by atoms with E-state index in [9.17, 15) is 4.79 Å². The van der Waals surface area contributed by atoms with Crippen molar-refractivity contribution in [1.29, 1.82) is 0 Å². The summed E-state index contributed by atoms with van der Waals surface area (Å²) in [5.41, 5.74) is 5.43. The van der Waals surface area contributed by atoms with Gasteiger partial charge in [-0.3, -0.25) is 0 Å². The van der Waals surface area contributed by atoms with Crippen LogP contribution in [0, 0.1) is 17.3 Å². The number of alkyl carbamates (subject to hydrolysis) is 1. The van der Waals surface area contributed by atoms with E-state index in [1.165, 1.54) is 0 Å². The molecule has 2 saturated heterocycles. The van der Waals surface area contributed by atoms with E-state index in [0.717, 1.165) is 32.8 Å². The zero-order valence-electron chi connectivity index (χ0n) is 14.4. The van der Waals surface area contributed by atoms with Gasteiger partial charge in [-0.05, 0) is 32.6 Å². The topological polar surface area (TPSA) is 76.8 Å². The lowest BCUT2D eigenvalue weighted by Gasteiger charge is -2.56. The highest BCUT2D eigenvalue weighted by Crippen LogP contribution is 2.46. The number of nitrogens with zero attached hydrogens (tertiary/aromatic N) is 1. The van der Waals surface area contributed by atoms with Crippen molar-refractivity contribution >= 4 is 6.09 Å². The van der Waals surface area contributed by atoms with Crippen LogP contribution in [0.4, 0.5) is 4.79 Å². The minimum absolute atomic E-state index is 0.195. The van der Waals surface area contributed by atoms with Crippen LogP contribution in [0.15, 0.2) is 0 Å². The number of carbonyl (C=O) groups excluding carboxylic acids is 1. The van der Waals surface area contributed by atoms with Crippen LogP contribution in [0.5, 0.6) is 0 Å². The molecule has 2 aliphatic heterocycles. The quantitative estimate of drug-likeness (QED) is 0.811. The first-order valence-corrected chi connectivity index (χ1v) is 8.24. The molecule has 0 aromatic rings. The maximum atomic E-state index is 11.9. The highest BCUT2D eigenvalue weighted by molar-refractivity contribution is 5.67. The number of carbonyl (C=O) groups is 1. The molecule has 1 spiro atoms. The lowest BCUT2D eigenvalue weighted by atomic mass is 9.63. The van der Waals surface area contributed by atoms with Crippen LogP contribution in [0.2, 0.25) is 0 Å². The lowest BCUT2D eigenvalue weighted by Crippen LogP contribution is -2.64. The van der Waals surface area contributed by atoms with Gasteiger partial charge in [0.1, 0.15) is 5.60 Å². The van der Waals surface area contributed by atoms with Crippen molar-refractivity contribution < 1.29 is 14.3 Å². The second-order valence-corrected chi connectivity index (χ2v) is 7.75. The zero-order chi connectivity index (χ0) is 16.4. The molecule has 22 heavy (non-hydrogen) atoms. The number of ether oxygens (including phenoxy) is 2. The first-order chi connectivity index (χ1) is 10.3. The number of piperidine rings is 1. The lowest BCUT2D eigenvalue weighted by molar-refractivity contribution is -0.198. The summed E-state index contributed by atoms with van der Waals surface area (Å²) in [6.45, 7) is 13.7. The number of hydrogen-bond donors (Lipinski definition) is 2. The molecule has 2 atom stereocenters. The third-order valence-corrected chi connectivity index (χ3v) is 4.88. The zero-order valence-corrected chi connectivity index (χ0v) is 14.4. The number of likely N-dealkylation sites (tertiary alicyclic amines) is 1. The minimum atomic E-state index is -0.465. The molecule has 2 aliphatic rings. The third-order valence-electron chi connectivity index (χ3n) is 4.88. The van der Waals surface area contributed by atoms with Crippen molar-refractivity contribution in [2.24, 2.45) is 23.0 Å². The van der Waals surface area contributed by atoms with Gasteiger partial charge in [0.05, 0.1) is 13.2 Å². The highest BCUT2D eigenvalue weighted by Gasteiger charge is 2.52. The normalized spacial score (nSPS) is 28.2. The van der Waals surface area contributed by atoms with Gasteiger partial charge in [0.15, 0.2) is 0 Å². The Morgan fingerprint density at radius 1 is 1.41 bits per heavy atom. The number of rotatable bonds is 4. The van der Waals surface area contributed by atoms with Gasteiger partial charge in [-0.2, -0.15) is 0 Å². The van der Waals surface area contributed by atoms with E-state index in [4.69, 9.17) is 15.2 Å². The molecular formula is C16H31N3O3. The van der Waals surface area contributed by atoms with Crippen LogP contribution in [0.1, 0.15) is 27.7 Å². The first kappa shape index (κ1) is 17.5. The third kappa shape index (κ3) is 3.91. The van der Waals surface area contributed by atoms with E-state index < -0.39 is 5.60 Å². The van der Waals surface area contributed by atoms with Crippen molar-refractivity contribution in [1.82, 2.24) is 10.2 Å². The Bertz CT molecular complexity index is 391. The van der Waals surface area contributed by atoms with E-state index in [-0.39, 0.29) is 11.5 Å². The molecule has 0 radical (unpaired) electrons. The monoisotopic (exact) mass is 313 g/mol. The molecule has 3 N–H and O–H groups in total. The molecule has 2 heterocycles. The van der Waals surface area contributed by atoms with E-state index in [0.29, 0.717) is 24.9 Å². The van der Waals surface area contributed by atoms with E-state index in [1.807, 2.05) is 20.8 Å². The standard InChI is InChI=1S/C16H31N3O3/c1-12-8-19(6-5-17)9-13(16(12)10-21-11-16)7-18-14(20)22-15(2,3)4/h12-13H,5-11,17H2,1-4H3,(H,18,20). The summed E-state index contributed by atoms with van der Waals surface area (Å²) in [7, 11) is 0. The smallest absolute Gasteiger partial charge is 0.407 e. The molecule has 2 unspecified atom stereocenters. The molecule has 0 saturated carbocycles. The molecule has 0 bridgehead atoms. The molecule has 0 aromatic heterocycles. The molecule has 1 amide bonds. The van der Waals surface area contributed by atoms with E-state index >= 15 is 0 Å². The highest BCUT2D eigenvalue weighted by atomic mass is 16.6. The molecule has 2 rings (SSSR count). The molecule has 128 valence electrons. The summed E-state index contributed by atoms with van der Waals surface area (Å²) < 4.78 is 10.8. The van der Waals surface area contributed by atoms with E-state index in [1.54, 1.807) is 0 Å². The maximum absolute atomic E-state index is 11.9.